The van der Waals surface area contributed by atoms with Crippen molar-refractivity contribution < 1.29 is 27.0 Å². The van der Waals surface area contributed by atoms with Gasteiger partial charge < -0.3 is 9.47 Å². The number of benzene rings is 1. The van der Waals surface area contributed by atoms with Crippen LogP contribution in [-0.4, -0.2) is 20.3 Å². The van der Waals surface area contributed by atoms with Crippen LogP contribution in [0.5, 0.6) is 5.75 Å². The number of hydrogen-bond acceptors (Lipinski definition) is 2. The number of alkyl halides is 2. The Morgan fingerprint density at radius 2 is 1.45 bits per heavy atom. The predicted molar refractivity (Wildman–Crippen MR) is 104 cm³/mol. The molecule has 29 heavy (non-hydrogen) atoms. The number of methoxy groups -OCH3 is 1. The van der Waals surface area contributed by atoms with Crippen molar-refractivity contribution in [3.05, 3.63) is 29.3 Å². The van der Waals surface area contributed by atoms with Crippen LogP contribution in [0.1, 0.15) is 75.7 Å². The van der Waals surface area contributed by atoms with Crippen LogP contribution in [0.2, 0.25) is 0 Å². The molecule has 0 N–H and O–H groups in total. The normalized spacial score (nSPS) is 27.9. The average molecular weight is 416 g/mol. The highest BCUT2D eigenvalue weighted by Gasteiger charge is 2.32. The first-order valence-electron chi connectivity index (χ1n) is 10.9. The molecule has 1 aromatic carbocycles. The number of hydrogen-bond donors (Lipinski definition) is 0. The molecule has 0 atom stereocenters. The minimum Gasteiger partial charge on any atom is -0.429 e. The molecule has 2 nitrogen and oxygen atoms in total. The summed E-state index contributed by atoms with van der Waals surface area (Å²) < 4.78 is 61.8. The van der Waals surface area contributed by atoms with Gasteiger partial charge in [-0.25, -0.2) is 8.78 Å². The largest absolute Gasteiger partial charge is 0.429 e. The molecule has 0 aromatic heterocycles. The highest BCUT2D eigenvalue weighted by molar-refractivity contribution is 5.33. The molecule has 0 spiro atoms. The molecular weight excluding hydrogens is 384 g/mol. The average Bonchev–Trinajstić information content (AvgIpc) is 2.71. The van der Waals surface area contributed by atoms with Gasteiger partial charge >= 0.3 is 6.61 Å². The van der Waals surface area contributed by atoms with Crippen LogP contribution in [0.4, 0.5) is 17.6 Å². The maximum absolute atomic E-state index is 14.0. The molecule has 3 rings (SSSR count). The van der Waals surface area contributed by atoms with Crippen LogP contribution >= 0.6 is 0 Å². The molecule has 0 heterocycles. The molecule has 0 amide bonds. The molecular formula is C23H32F4O2. The van der Waals surface area contributed by atoms with E-state index >= 15 is 0 Å². The van der Waals surface area contributed by atoms with Gasteiger partial charge in [0.25, 0.3) is 0 Å². The Morgan fingerprint density at radius 1 is 0.897 bits per heavy atom. The maximum atomic E-state index is 14.0. The molecule has 0 unspecified atom stereocenters. The van der Waals surface area contributed by atoms with Crippen molar-refractivity contribution in [3.63, 3.8) is 0 Å². The van der Waals surface area contributed by atoms with E-state index in [0.717, 1.165) is 62.7 Å². The van der Waals surface area contributed by atoms with Gasteiger partial charge in [0, 0.05) is 13.7 Å². The van der Waals surface area contributed by atoms with Crippen molar-refractivity contribution in [2.24, 2.45) is 17.8 Å². The second-order valence-corrected chi connectivity index (χ2v) is 8.72. The fourth-order valence-corrected chi connectivity index (χ4v) is 5.41. The minimum atomic E-state index is -3.24. The van der Waals surface area contributed by atoms with Gasteiger partial charge in [0.1, 0.15) is 0 Å². The topological polar surface area (TPSA) is 18.5 Å². The summed E-state index contributed by atoms with van der Waals surface area (Å²) in [5, 5.41) is 0. The fourth-order valence-electron chi connectivity index (χ4n) is 5.41. The van der Waals surface area contributed by atoms with Crippen LogP contribution in [-0.2, 0) is 4.74 Å². The van der Waals surface area contributed by atoms with Gasteiger partial charge in [-0.15, -0.1) is 0 Å². The second kappa shape index (κ2) is 10.6. The molecule has 0 radical (unpaired) electrons. The summed E-state index contributed by atoms with van der Waals surface area (Å²) in [4.78, 5) is 0. The monoisotopic (exact) mass is 416 g/mol. The molecule has 1 aromatic rings. The zero-order valence-corrected chi connectivity index (χ0v) is 17.1. The van der Waals surface area contributed by atoms with E-state index in [1.807, 2.05) is 0 Å². The zero-order valence-electron chi connectivity index (χ0n) is 17.1. The van der Waals surface area contributed by atoms with E-state index in [0.29, 0.717) is 11.5 Å². The van der Waals surface area contributed by atoms with E-state index in [2.05, 4.69) is 4.74 Å². The SMILES string of the molecule is COCCC[C@H]1CC[C@H]([C@H]2CC[C@H](c3cc(F)c(OC(F)F)c(F)c3)CC2)CC1. The Labute approximate surface area is 171 Å². The van der Waals surface area contributed by atoms with E-state index < -0.39 is 24.0 Å². The summed E-state index contributed by atoms with van der Waals surface area (Å²) in [5.74, 6) is -0.700. The van der Waals surface area contributed by atoms with Gasteiger partial charge in [-0.2, -0.15) is 8.78 Å². The molecule has 0 bridgehead atoms. The minimum absolute atomic E-state index is 0.0845. The molecule has 0 saturated heterocycles. The Hall–Kier alpha value is -1.30. The Balaban J connectivity index is 1.48. The quantitative estimate of drug-likeness (QED) is 0.333. The fraction of sp³-hybridized carbons (Fsp3) is 0.739. The van der Waals surface area contributed by atoms with Gasteiger partial charge in [-0.1, -0.05) is 12.8 Å². The first-order chi connectivity index (χ1) is 14.0. The van der Waals surface area contributed by atoms with Gasteiger partial charge in [-0.05, 0) is 92.7 Å². The number of halogens is 4. The highest BCUT2D eigenvalue weighted by atomic mass is 19.3. The van der Waals surface area contributed by atoms with Crippen molar-refractivity contribution in [1.29, 1.82) is 0 Å². The lowest BCUT2D eigenvalue weighted by molar-refractivity contribution is -0.0546. The summed E-state index contributed by atoms with van der Waals surface area (Å²) in [7, 11) is 1.75. The molecule has 2 fully saturated rings. The van der Waals surface area contributed by atoms with Gasteiger partial charge in [0.15, 0.2) is 17.4 Å². The number of rotatable bonds is 8. The molecule has 2 aliphatic rings. The van der Waals surface area contributed by atoms with E-state index in [4.69, 9.17) is 4.74 Å². The van der Waals surface area contributed by atoms with Gasteiger partial charge in [0.2, 0.25) is 0 Å². The smallest absolute Gasteiger partial charge is 0.387 e. The second-order valence-electron chi connectivity index (χ2n) is 8.72. The van der Waals surface area contributed by atoms with Crippen LogP contribution in [0.3, 0.4) is 0 Å². The van der Waals surface area contributed by atoms with E-state index in [1.165, 1.54) is 32.1 Å². The Kier molecular flexibility index (Phi) is 8.22. The molecule has 2 saturated carbocycles. The standard InChI is InChI=1S/C23H32F4O2/c1-28-12-2-3-15-4-6-16(7-5-15)17-8-10-18(11-9-17)19-13-20(24)22(21(25)14-19)29-23(26)27/h13-18,23H,2-12H2,1H3/t15-,16-,17-,18-. The predicted octanol–water partition coefficient (Wildman–Crippen LogP) is 7.07. The lowest BCUT2D eigenvalue weighted by atomic mass is 9.68. The third kappa shape index (κ3) is 6.09. The van der Waals surface area contributed by atoms with Crippen molar-refractivity contribution >= 4 is 0 Å². The van der Waals surface area contributed by atoms with Crippen molar-refractivity contribution in [3.8, 4) is 5.75 Å². The van der Waals surface area contributed by atoms with E-state index in [1.54, 1.807) is 7.11 Å². The van der Waals surface area contributed by atoms with Crippen LogP contribution < -0.4 is 4.74 Å². The molecule has 164 valence electrons. The van der Waals surface area contributed by atoms with Crippen LogP contribution in [0.25, 0.3) is 0 Å². The molecule has 2 aliphatic carbocycles. The first-order valence-corrected chi connectivity index (χ1v) is 10.9. The van der Waals surface area contributed by atoms with Crippen LogP contribution in [0, 0.1) is 29.4 Å². The Bertz CT molecular complexity index is 613. The summed E-state index contributed by atoms with van der Waals surface area (Å²) in [6.45, 7) is -2.39. The first kappa shape index (κ1) is 22.4. The summed E-state index contributed by atoms with van der Waals surface area (Å²) in [6, 6.07) is 2.33. The van der Waals surface area contributed by atoms with Crippen molar-refractivity contribution in [2.75, 3.05) is 13.7 Å². The van der Waals surface area contributed by atoms with E-state index in [-0.39, 0.29) is 5.92 Å². The lowest BCUT2D eigenvalue weighted by Gasteiger charge is -2.38. The van der Waals surface area contributed by atoms with Crippen LogP contribution in [0.15, 0.2) is 12.1 Å². The maximum Gasteiger partial charge on any atom is 0.387 e. The third-order valence-corrected chi connectivity index (χ3v) is 6.99. The van der Waals surface area contributed by atoms with Gasteiger partial charge in [0.05, 0.1) is 0 Å². The van der Waals surface area contributed by atoms with Gasteiger partial charge in [-0.3, -0.25) is 0 Å². The van der Waals surface area contributed by atoms with E-state index in [9.17, 15) is 17.6 Å². The lowest BCUT2D eigenvalue weighted by Crippen LogP contribution is -2.25. The molecule has 6 heteroatoms. The third-order valence-electron chi connectivity index (χ3n) is 6.99. The zero-order chi connectivity index (χ0) is 20.8. The number of ether oxygens (including phenoxy) is 2. The summed E-state index contributed by atoms with van der Waals surface area (Å²) in [5.41, 5.74) is 0.557. The highest BCUT2D eigenvalue weighted by Crippen LogP contribution is 2.45. The van der Waals surface area contributed by atoms with Crippen molar-refractivity contribution in [2.45, 2.75) is 76.7 Å². The summed E-state index contributed by atoms with van der Waals surface area (Å²) in [6.07, 6.45) is 11.5. The summed E-state index contributed by atoms with van der Waals surface area (Å²) >= 11 is 0. The molecule has 0 aliphatic heterocycles. The Morgan fingerprint density at radius 3 is 1.97 bits per heavy atom. The van der Waals surface area contributed by atoms with Crippen molar-refractivity contribution in [1.82, 2.24) is 0 Å².